The molecule has 2 aliphatic rings. The lowest BCUT2D eigenvalue weighted by Crippen LogP contribution is -2.46. The first-order valence-corrected chi connectivity index (χ1v) is 15.7. The Morgan fingerprint density at radius 2 is 1.73 bits per heavy atom. The summed E-state index contributed by atoms with van der Waals surface area (Å²) < 4.78 is 18.8. The van der Waals surface area contributed by atoms with Crippen molar-refractivity contribution in [2.75, 3.05) is 61.6 Å². The molecule has 3 heterocycles. The van der Waals surface area contributed by atoms with E-state index in [4.69, 9.17) is 55.5 Å². The molecule has 4 N–H and O–H groups in total. The predicted octanol–water partition coefficient (Wildman–Crippen LogP) is 4.83. The van der Waals surface area contributed by atoms with Gasteiger partial charge in [-0.05, 0) is 72.9 Å². The van der Waals surface area contributed by atoms with Crippen LogP contribution in [0.5, 0.6) is 5.75 Å². The number of thiocarbonyl (C=S) groups is 1. The van der Waals surface area contributed by atoms with E-state index in [0.717, 1.165) is 43.3 Å². The number of H-pyrrole nitrogens is 1. The zero-order valence-electron chi connectivity index (χ0n) is 24.7. The van der Waals surface area contributed by atoms with Crippen LogP contribution in [-0.2, 0) is 21.7 Å². The van der Waals surface area contributed by atoms with Crippen molar-refractivity contribution in [3.63, 3.8) is 0 Å². The van der Waals surface area contributed by atoms with E-state index in [1.807, 2.05) is 30.3 Å². The van der Waals surface area contributed by atoms with E-state index in [9.17, 15) is 0 Å². The summed E-state index contributed by atoms with van der Waals surface area (Å²) in [7, 11) is 1.71. The monoisotopic (exact) mass is 668 g/mol. The second-order valence-corrected chi connectivity index (χ2v) is 12.1. The maximum Gasteiger partial charge on any atom is 0.204 e. The van der Waals surface area contributed by atoms with Crippen LogP contribution in [0.2, 0.25) is 10.0 Å². The number of hydrogen-bond acceptors (Lipinski definition) is 9. The molecule has 11 nitrogen and oxygen atoms in total. The van der Waals surface area contributed by atoms with Crippen LogP contribution in [0.4, 0.5) is 17.1 Å². The number of aromatic nitrogens is 3. The molecule has 2 atom stereocenters. The molecule has 14 heteroatoms. The van der Waals surface area contributed by atoms with Gasteiger partial charge in [0.15, 0.2) is 5.11 Å². The Balaban J connectivity index is 1.01. The lowest BCUT2D eigenvalue weighted by molar-refractivity contribution is -0.179. The van der Waals surface area contributed by atoms with Crippen molar-refractivity contribution < 1.29 is 14.2 Å². The fourth-order valence-corrected chi connectivity index (χ4v) is 6.11. The van der Waals surface area contributed by atoms with E-state index < -0.39 is 5.79 Å². The molecule has 236 valence electrons. The molecule has 0 aliphatic carbocycles. The third-order valence-corrected chi connectivity index (χ3v) is 8.73. The Labute approximate surface area is 277 Å². The van der Waals surface area contributed by atoms with Gasteiger partial charge in [-0.25, -0.2) is 10.8 Å². The number of aromatic amines is 1. The molecule has 0 saturated carbocycles. The average molecular weight is 670 g/mol. The Morgan fingerprint density at radius 3 is 2.33 bits per heavy atom. The van der Waals surface area contributed by atoms with Crippen molar-refractivity contribution in [2.45, 2.75) is 18.3 Å². The Kier molecular flexibility index (Phi) is 9.59. The molecule has 45 heavy (non-hydrogen) atoms. The lowest BCUT2D eigenvalue weighted by atomic mass is 10.0. The molecule has 0 bridgehead atoms. The van der Waals surface area contributed by atoms with Gasteiger partial charge in [0.2, 0.25) is 5.79 Å². The number of anilines is 3. The van der Waals surface area contributed by atoms with Crippen LogP contribution >= 0.6 is 35.4 Å². The molecule has 2 aliphatic heterocycles. The smallest absolute Gasteiger partial charge is 0.204 e. The van der Waals surface area contributed by atoms with Crippen molar-refractivity contribution in [1.29, 1.82) is 0 Å². The van der Waals surface area contributed by atoms with Crippen molar-refractivity contribution in [1.82, 2.24) is 20.2 Å². The van der Waals surface area contributed by atoms with E-state index in [2.05, 4.69) is 54.6 Å². The molecule has 0 amide bonds. The lowest BCUT2D eigenvalue weighted by Gasteiger charge is -2.37. The second kappa shape index (κ2) is 13.8. The van der Waals surface area contributed by atoms with Crippen LogP contribution in [0, 0.1) is 0 Å². The van der Waals surface area contributed by atoms with Gasteiger partial charge < -0.3 is 29.3 Å². The maximum absolute atomic E-state index is 6.57. The minimum Gasteiger partial charge on any atom is -0.491 e. The number of rotatable bonds is 9. The summed E-state index contributed by atoms with van der Waals surface area (Å²) in [6, 6.07) is 21.7. The molecule has 1 aromatic heterocycles. The number of nitrogens with zero attached hydrogens (tertiary/aromatic N) is 5. The first kappa shape index (κ1) is 31.3. The highest BCUT2D eigenvalue weighted by molar-refractivity contribution is 7.80. The van der Waals surface area contributed by atoms with Gasteiger partial charge in [-0.1, -0.05) is 29.3 Å². The van der Waals surface area contributed by atoms with Crippen LogP contribution in [0.25, 0.3) is 0 Å². The topological polar surface area (TPSA) is 117 Å². The van der Waals surface area contributed by atoms with Crippen LogP contribution in [0.15, 0.2) is 73.1 Å². The van der Waals surface area contributed by atoms with Gasteiger partial charge in [0.25, 0.3) is 0 Å². The van der Waals surface area contributed by atoms with E-state index >= 15 is 0 Å². The van der Waals surface area contributed by atoms with E-state index in [1.165, 1.54) is 17.0 Å². The van der Waals surface area contributed by atoms with Gasteiger partial charge in [-0.2, -0.15) is 5.10 Å². The van der Waals surface area contributed by atoms with Gasteiger partial charge in [0.1, 0.15) is 30.6 Å². The highest BCUT2D eigenvalue weighted by Crippen LogP contribution is 2.41. The Bertz CT molecular complexity index is 1590. The number of halogens is 2. The number of nitrogens with two attached hydrogens (primary N) is 1. The minimum atomic E-state index is -1.14. The zero-order valence-corrected chi connectivity index (χ0v) is 27.0. The van der Waals surface area contributed by atoms with Gasteiger partial charge in [-0.3, -0.25) is 10.1 Å². The van der Waals surface area contributed by atoms with E-state index in [1.54, 1.807) is 19.2 Å². The fourth-order valence-electron chi connectivity index (χ4n) is 5.44. The molecule has 0 spiro atoms. The van der Waals surface area contributed by atoms with Gasteiger partial charge >= 0.3 is 0 Å². The SMILES string of the molecule is CN(N)C(=S)Nc1ccc(N2CCN(c3ccc(OCC4COC(Cc5ncn[nH]5)(c5ccc(Cl)cc5Cl)O4)cc3)CC2)cc1. The number of piperazine rings is 1. The molecule has 2 saturated heterocycles. The predicted molar refractivity (Wildman–Crippen MR) is 180 cm³/mol. The Morgan fingerprint density at radius 1 is 1.07 bits per heavy atom. The van der Waals surface area contributed by atoms with Crippen molar-refractivity contribution >= 4 is 57.6 Å². The third kappa shape index (κ3) is 7.43. The first-order valence-electron chi connectivity index (χ1n) is 14.5. The van der Waals surface area contributed by atoms with Crippen LogP contribution in [-0.4, -0.2) is 77.8 Å². The molecular formula is C31H34Cl2N8O3S. The summed E-state index contributed by atoms with van der Waals surface area (Å²) in [6.45, 7) is 4.30. The van der Waals surface area contributed by atoms with E-state index in [-0.39, 0.29) is 6.10 Å². The van der Waals surface area contributed by atoms with Crippen molar-refractivity contribution in [3.05, 3.63) is 94.5 Å². The Hall–Kier alpha value is -3.65. The summed E-state index contributed by atoms with van der Waals surface area (Å²) in [6.07, 6.45) is 1.43. The standard InChI is InChI=1S/C31H34Cl2N8O3S/c1-39(34)30(45)37-22-3-5-23(6-4-22)40-12-14-41(15-13-40)24-7-9-25(10-8-24)42-18-26-19-43-31(44-26,17-29-35-20-36-38-29)27-11-2-21(32)16-28(27)33/h2-11,16,20,26H,12-15,17-19,34H2,1H3,(H,37,45)(H,35,36,38). The summed E-state index contributed by atoms with van der Waals surface area (Å²) in [5.41, 5.74) is 3.92. The largest absolute Gasteiger partial charge is 0.491 e. The highest BCUT2D eigenvalue weighted by atomic mass is 35.5. The molecule has 3 aromatic carbocycles. The van der Waals surface area contributed by atoms with Gasteiger partial charge in [0, 0.05) is 60.9 Å². The zero-order chi connectivity index (χ0) is 31.4. The average Bonchev–Trinajstić information content (AvgIpc) is 3.71. The molecule has 4 aromatic rings. The number of hydrogen-bond donors (Lipinski definition) is 3. The normalized spacial score (nSPS) is 19.9. The van der Waals surface area contributed by atoms with E-state index in [0.29, 0.717) is 46.2 Å². The first-order chi connectivity index (χ1) is 21.8. The number of nitrogens with one attached hydrogen (secondary N) is 2. The van der Waals surface area contributed by atoms with Crippen molar-refractivity contribution in [3.8, 4) is 5.75 Å². The molecule has 6 rings (SSSR count). The molecule has 2 fully saturated rings. The quantitative estimate of drug-likeness (QED) is 0.129. The third-order valence-electron chi connectivity index (χ3n) is 7.79. The second-order valence-electron chi connectivity index (χ2n) is 10.9. The maximum atomic E-state index is 6.57. The van der Waals surface area contributed by atoms with Gasteiger partial charge in [-0.15, -0.1) is 0 Å². The van der Waals surface area contributed by atoms with Crippen LogP contribution < -0.4 is 25.7 Å². The highest BCUT2D eigenvalue weighted by Gasteiger charge is 2.45. The van der Waals surface area contributed by atoms with Crippen LogP contribution in [0.3, 0.4) is 0 Å². The molecule has 2 unspecified atom stereocenters. The summed E-state index contributed by atoms with van der Waals surface area (Å²) in [4.78, 5) is 9.02. The number of ether oxygens (including phenoxy) is 3. The van der Waals surface area contributed by atoms with Gasteiger partial charge in [0.05, 0.1) is 18.1 Å². The molecular weight excluding hydrogens is 635 g/mol. The molecule has 0 radical (unpaired) electrons. The summed E-state index contributed by atoms with van der Waals surface area (Å²) in [5.74, 6) is 5.91. The van der Waals surface area contributed by atoms with Crippen molar-refractivity contribution in [2.24, 2.45) is 5.84 Å². The summed E-state index contributed by atoms with van der Waals surface area (Å²) in [5, 5.41) is 12.8. The summed E-state index contributed by atoms with van der Waals surface area (Å²) >= 11 is 17.9. The number of hydrazine groups is 1. The van der Waals surface area contributed by atoms with Crippen LogP contribution in [0.1, 0.15) is 11.4 Å². The number of benzene rings is 3. The fraction of sp³-hybridized carbons (Fsp3) is 0.323. The minimum absolute atomic E-state index is 0.302.